The van der Waals surface area contributed by atoms with Crippen LogP contribution in [0.4, 0.5) is 0 Å². The molecular formula is C13H24O3. The van der Waals surface area contributed by atoms with E-state index < -0.39 is 0 Å². The van der Waals surface area contributed by atoms with Gasteiger partial charge in [-0.1, -0.05) is 27.7 Å². The fourth-order valence-corrected chi connectivity index (χ4v) is 2.00. The standard InChI is InChI=1S/C13H24O3/c1-6-12(15)9(3)8-10(4)13(7-2)16-11(5)14/h9-10,13H,6-8H2,1-5H3/t9-,10-,13+/m0/s1. The van der Waals surface area contributed by atoms with Crippen LogP contribution < -0.4 is 0 Å². The zero-order chi connectivity index (χ0) is 12.7. The van der Waals surface area contributed by atoms with Gasteiger partial charge in [0.2, 0.25) is 0 Å². The summed E-state index contributed by atoms with van der Waals surface area (Å²) >= 11 is 0. The second-order valence-electron chi connectivity index (χ2n) is 4.49. The molecule has 0 aromatic heterocycles. The smallest absolute Gasteiger partial charge is 0.302 e. The SMILES string of the molecule is CCC(=O)[C@@H](C)C[C@H](C)[C@@H](CC)OC(C)=O. The molecule has 0 radical (unpaired) electrons. The lowest BCUT2D eigenvalue weighted by Crippen LogP contribution is -2.26. The van der Waals surface area contributed by atoms with E-state index in [-0.39, 0.29) is 29.7 Å². The first-order valence-corrected chi connectivity index (χ1v) is 6.12. The maximum absolute atomic E-state index is 11.5. The molecule has 0 N–H and O–H groups in total. The lowest BCUT2D eigenvalue weighted by atomic mass is 9.88. The van der Waals surface area contributed by atoms with Gasteiger partial charge in [-0.2, -0.15) is 0 Å². The molecule has 0 aromatic rings. The Balaban J connectivity index is 4.24. The molecule has 3 nitrogen and oxygen atoms in total. The van der Waals surface area contributed by atoms with Crippen LogP contribution in [0.5, 0.6) is 0 Å². The molecule has 0 rings (SSSR count). The van der Waals surface area contributed by atoms with Crippen LogP contribution >= 0.6 is 0 Å². The van der Waals surface area contributed by atoms with Crippen molar-refractivity contribution < 1.29 is 14.3 Å². The second kappa shape index (κ2) is 7.42. The van der Waals surface area contributed by atoms with Crippen LogP contribution in [-0.2, 0) is 14.3 Å². The van der Waals surface area contributed by atoms with E-state index in [1.807, 2.05) is 27.7 Å². The quantitative estimate of drug-likeness (QED) is 0.629. The summed E-state index contributed by atoms with van der Waals surface area (Å²) in [5.41, 5.74) is 0. The number of hydrogen-bond donors (Lipinski definition) is 0. The maximum Gasteiger partial charge on any atom is 0.302 e. The van der Waals surface area contributed by atoms with Crippen LogP contribution in [0.15, 0.2) is 0 Å². The number of carbonyl (C=O) groups is 2. The number of ketones is 1. The Bertz CT molecular complexity index is 235. The average Bonchev–Trinajstić information content (AvgIpc) is 2.23. The van der Waals surface area contributed by atoms with E-state index in [0.717, 1.165) is 12.8 Å². The number of carbonyl (C=O) groups excluding carboxylic acids is 2. The Morgan fingerprint density at radius 2 is 1.75 bits per heavy atom. The molecule has 3 atom stereocenters. The van der Waals surface area contributed by atoms with Gasteiger partial charge in [0, 0.05) is 19.3 Å². The Kier molecular flexibility index (Phi) is 7.02. The van der Waals surface area contributed by atoms with E-state index >= 15 is 0 Å². The third-order valence-electron chi connectivity index (χ3n) is 2.98. The van der Waals surface area contributed by atoms with E-state index in [4.69, 9.17) is 4.74 Å². The highest BCUT2D eigenvalue weighted by atomic mass is 16.5. The molecule has 3 heteroatoms. The molecular weight excluding hydrogens is 204 g/mol. The highest BCUT2D eigenvalue weighted by Crippen LogP contribution is 2.21. The highest BCUT2D eigenvalue weighted by molar-refractivity contribution is 5.80. The van der Waals surface area contributed by atoms with Gasteiger partial charge in [-0.15, -0.1) is 0 Å². The summed E-state index contributed by atoms with van der Waals surface area (Å²) in [6, 6.07) is 0. The van der Waals surface area contributed by atoms with Crippen molar-refractivity contribution in [2.24, 2.45) is 11.8 Å². The monoisotopic (exact) mass is 228 g/mol. The van der Waals surface area contributed by atoms with Gasteiger partial charge in [-0.3, -0.25) is 9.59 Å². The fraction of sp³-hybridized carbons (Fsp3) is 0.846. The Hall–Kier alpha value is -0.860. The molecule has 0 aromatic carbocycles. The summed E-state index contributed by atoms with van der Waals surface area (Å²) in [4.78, 5) is 22.4. The van der Waals surface area contributed by atoms with E-state index in [0.29, 0.717) is 6.42 Å². The van der Waals surface area contributed by atoms with Gasteiger partial charge in [0.05, 0.1) is 0 Å². The largest absolute Gasteiger partial charge is 0.462 e. The number of esters is 1. The summed E-state index contributed by atoms with van der Waals surface area (Å²) in [5.74, 6) is 0.335. The van der Waals surface area contributed by atoms with Crippen LogP contribution in [0.1, 0.15) is 53.9 Å². The van der Waals surface area contributed by atoms with Gasteiger partial charge in [0.25, 0.3) is 0 Å². The van der Waals surface area contributed by atoms with Crippen molar-refractivity contribution in [2.45, 2.75) is 60.0 Å². The molecule has 0 aliphatic carbocycles. The number of ether oxygens (including phenoxy) is 1. The van der Waals surface area contributed by atoms with E-state index in [9.17, 15) is 9.59 Å². The van der Waals surface area contributed by atoms with Crippen molar-refractivity contribution in [1.29, 1.82) is 0 Å². The van der Waals surface area contributed by atoms with Gasteiger partial charge in [-0.25, -0.2) is 0 Å². The van der Waals surface area contributed by atoms with Crippen molar-refractivity contribution in [2.75, 3.05) is 0 Å². The first-order chi connectivity index (χ1) is 7.42. The summed E-state index contributed by atoms with van der Waals surface area (Å²) < 4.78 is 5.23. The molecule has 0 unspecified atom stereocenters. The lowest BCUT2D eigenvalue weighted by molar-refractivity contribution is -0.149. The predicted octanol–water partition coefficient (Wildman–Crippen LogP) is 2.97. The van der Waals surface area contributed by atoms with Crippen molar-refractivity contribution in [3.05, 3.63) is 0 Å². The fourth-order valence-electron chi connectivity index (χ4n) is 2.00. The molecule has 94 valence electrons. The molecule has 0 aliphatic heterocycles. The normalized spacial score (nSPS) is 16.3. The molecule has 0 bridgehead atoms. The van der Waals surface area contributed by atoms with E-state index in [1.54, 1.807) is 0 Å². The first kappa shape index (κ1) is 15.1. The third kappa shape index (κ3) is 5.29. The summed E-state index contributed by atoms with van der Waals surface area (Å²) in [6.45, 7) is 9.29. The minimum absolute atomic E-state index is 0.0598. The van der Waals surface area contributed by atoms with Gasteiger partial charge in [0.15, 0.2) is 0 Å². The second-order valence-corrected chi connectivity index (χ2v) is 4.49. The third-order valence-corrected chi connectivity index (χ3v) is 2.98. The highest BCUT2D eigenvalue weighted by Gasteiger charge is 2.22. The van der Waals surface area contributed by atoms with Gasteiger partial charge in [0.1, 0.15) is 11.9 Å². The Morgan fingerprint density at radius 1 is 1.19 bits per heavy atom. The van der Waals surface area contributed by atoms with E-state index in [1.165, 1.54) is 6.92 Å². The van der Waals surface area contributed by atoms with Crippen LogP contribution in [0.25, 0.3) is 0 Å². The number of Topliss-reactive ketones (excluding diaryl/α,β-unsaturated/α-hetero) is 1. The number of hydrogen-bond acceptors (Lipinski definition) is 3. The molecule has 0 saturated heterocycles. The van der Waals surface area contributed by atoms with Gasteiger partial charge < -0.3 is 4.74 Å². The molecule has 0 amide bonds. The summed E-state index contributed by atoms with van der Waals surface area (Å²) in [6.07, 6.45) is 2.11. The Morgan fingerprint density at radius 3 is 2.12 bits per heavy atom. The lowest BCUT2D eigenvalue weighted by Gasteiger charge is -2.24. The van der Waals surface area contributed by atoms with Crippen molar-refractivity contribution in [3.63, 3.8) is 0 Å². The van der Waals surface area contributed by atoms with Crippen LogP contribution in [0.3, 0.4) is 0 Å². The summed E-state index contributed by atoms with van der Waals surface area (Å²) in [5, 5.41) is 0. The van der Waals surface area contributed by atoms with Crippen LogP contribution in [0.2, 0.25) is 0 Å². The van der Waals surface area contributed by atoms with Gasteiger partial charge in [-0.05, 0) is 18.8 Å². The molecule has 0 fully saturated rings. The minimum atomic E-state index is -0.242. The average molecular weight is 228 g/mol. The molecule has 0 aliphatic rings. The van der Waals surface area contributed by atoms with Gasteiger partial charge >= 0.3 is 5.97 Å². The molecule has 0 saturated carbocycles. The van der Waals surface area contributed by atoms with Crippen molar-refractivity contribution in [1.82, 2.24) is 0 Å². The predicted molar refractivity (Wildman–Crippen MR) is 64.1 cm³/mol. The zero-order valence-electron chi connectivity index (χ0n) is 11.1. The first-order valence-electron chi connectivity index (χ1n) is 6.12. The number of rotatable bonds is 7. The van der Waals surface area contributed by atoms with E-state index in [2.05, 4.69) is 0 Å². The van der Waals surface area contributed by atoms with Crippen LogP contribution in [-0.4, -0.2) is 17.9 Å². The molecule has 0 spiro atoms. The van der Waals surface area contributed by atoms with Crippen molar-refractivity contribution in [3.8, 4) is 0 Å². The maximum atomic E-state index is 11.5. The molecule has 0 heterocycles. The van der Waals surface area contributed by atoms with Crippen LogP contribution in [0, 0.1) is 11.8 Å². The topological polar surface area (TPSA) is 43.4 Å². The minimum Gasteiger partial charge on any atom is -0.462 e. The summed E-state index contributed by atoms with van der Waals surface area (Å²) in [7, 11) is 0. The zero-order valence-corrected chi connectivity index (χ0v) is 11.1. The van der Waals surface area contributed by atoms with Crippen molar-refractivity contribution >= 4 is 11.8 Å². The molecule has 16 heavy (non-hydrogen) atoms. The Labute approximate surface area is 98.6 Å².